The van der Waals surface area contributed by atoms with E-state index in [4.69, 9.17) is 4.52 Å². The fourth-order valence-corrected chi connectivity index (χ4v) is 2.78. The smallest absolute Gasteiger partial charge is 0.226 e. The van der Waals surface area contributed by atoms with Crippen molar-refractivity contribution in [2.75, 3.05) is 42.9 Å². The summed E-state index contributed by atoms with van der Waals surface area (Å²) in [7, 11) is 0. The Hall–Kier alpha value is -2.54. The number of anilines is 2. The quantitative estimate of drug-likeness (QED) is 0.870. The lowest BCUT2D eigenvalue weighted by Crippen LogP contribution is -2.47. The van der Waals surface area contributed by atoms with Crippen LogP contribution in [0, 0.1) is 6.92 Å². The molecule has 1 aromatic heterocycles. The van der Waals surface area contributed by atoms with Crippen LogP contribution in [0.15, 0.2) is 34.9 Å². The second-order valence-electron chi connectivity index (χ2n) is 5.97. The van der Waals surface area contributed by atoms with Gasteiger partial charge in [0.1, 0.15) is 11.5 Å². The third kappa shape index (κ3) is 4.26. The minimum absolute atomic E-state index is 0.0516. The molecule has 1 aromatic carbocycles. The van der Waals surface area contributed by atoms with Crippen LogP contribution < -0.4 is 10.2 Å². The largest absolute Gasteiger partial charge is 0.508 e. The fourth-order valence-electron chi connectivity index (χ4n) is 2.78. The first-order valence-corrected chi connectivity index (χ1v) is 8.10. The summed E-state index contributed by atoms with van der Waals surface area (Å²) >= 11 is 0. The van der Waals surface area contributed by atoms with E-state index in [-0.39, 0.29) is 11.7 Å². The SMILES string of the molecule is Cc1cc(NC(=O)CCN2CCN(c3ccc(O)cc3)CC2)no1. The van der Waals surface area contributed by atoms with Gasteiger partial charge in [-0.3, -0.25) is 9.69 Å². The zero-order valence-corrected chi connectivity index (χ0v) is 13.7. The van der Waals surface area contributed by atoms with Gasteiger partial charge in [0.2, 0.25) is 5.91 Å². The summed E-state index contributed by atoms with van der Waals surface area (Å²) in [4.78, 5) is 16.5. The molecule has 0 bridgehead atoms. The van der Waals surface area contributed by atoms with E-state index in [0.29, 0.717) is 18.0 Å². The number of phenolic OH excluding ortho intramolecular Hbond substituents is 1. The number of nitrogens with one attached hydrogen (secondary N) is 1. The van der Waals surface area contributed by atoms with E-state index in [1.165, 1.54) is 0 Å². The van der Waals surface area contributed by atoms with Crippen LogP contribution in [0.4, 0.5) is 11.5 Å². The van der Waals surface area contributed by atoms with Gasteiger partial charge in [-0.1, -0.05) is 5.16 Å². The highest BCUT2D eigenvalue weighted by molar-refractivity contribution is 5.89. The molecule has 7 nitrogen and oxygen atoms in total. The third-order valence-electron chi connectivity index (χ3n) is 4.14. The van der Waals surface area contributed by atoms with Crippen molar-refractivity contribution in [3.05, 3.63) is 36.1 Å². The molecule has 2 N–H and O–H groups in total. The number of aromatic hydroxyl groups is 1. The minimum atomic E-state index is -0.0516. The molecule has 0 aliphatic carbocycles. The number of rotatable bonds is 5. The van der Waals surface area contributed by atoms with E-state index in [1.807, 2.05) is 12.1 Å². The highest BCUT2D eigenvalue weighted by Gasteiger charge is 2.18. The van der Waals surface area contributed by atoms with Crippen molar-refractivity contribution < 1.29 is 14.4 Å². The summed E-state index contributed by atoms with van der Waals surface area (Å²) in [5, 5.41) is 15.8. The summed E-state index contributed by atoms with van der Waals surface area (Å²) in [6.45, 7) is 6.17. The molecule has 1 aliphatic rings. The Balaban J connectivity index is 1.40. The lowest BCUT2D eigenvalue weighted by Gasteiger charge is -2.36. The van der Waals surface area contributed by atoms with Gasteiger partial charge in [-0.05, 0) is 31.2 Å². The second kappa shape index (κ2) is 7.35. The van der Waals surface area contributed by atoms with Crippen molar-refractivity contribution >= 4 is 17.4 Å². The number of hydrogen-bond donors (Lipinski definition) is 2. The number of phenols is 1. The van der Waals surface area contributed by atoms with E-state index in [2.05, 4.69) is 20.3 Å². The number of piperazine rings is 1. The number of amides is 1. The number of benzene rings is 1. The van der Waals surface area contributed by atoms with Crippen molar-refractivity contribution in [1.29, 1.82) is 0 Å². The first kappa shape index (κ1) is 16.3. The molecule has 0 saturated carbocycles. The summed E-state index contributed by atoms with van der Waals surface area (Å²) in [5.41, 5.74) is 1.12. The van der Waals surface area contributed by atoms with Gasteiger partial charge in [0, 0.05) is 50.9 Å². The van der Waals surface area contributed by atoms with E-state index >= 15 is 0 Å². The number of aromatic nitrogens is 1. The van der Waals surface area contributed by atoms with Crippen molar-refractivity contribution in [1.82, 2.24) is 10.1 Å². The number of carbonyl (C=O) groups excluding carboxylic acids is 1. The molecular weight excluding hydrogens is 308 g/mol. The van der Waals surface area contributed by atoms with Gasteiger partial charge in [0.25, 0.3) is 0 Å². The van der Waals surface area contributed by atoms with Gasteiger partial charge in [0.15, 0.2) is 5.82 Å². The van der Waals surface area contributed by atoms with E-state index in [0.717, 1.165) is 38.4 Å². The average molecular weight is 330 g/mol. The maximum atomic E-state index is 11.9. The molecule has 2 heterocycles. The normalized spacial score (nSPS) is 15.5. The lowest BCUT2D eigenvalue weighted by molar-refractivity contribution is -0.116. The fraction of sp³-hybridized carbons (Fsp3) is 0.412. The van der Waals surface area contributed by atoms with Gasteiger partial charge in [-0.2, -0.15) is 0 Å². The van der Waals surface area contributed by atoms with E-state index in [1.54, 1.807) is 25.1 Å². The zero-order valence-electron chi connectivity index (χ0n) is 13.7. The first-order chi connectivity index (χ1) is 11.6. The summed E-state index contributed by atoms with van der Waals surface area (Å²) in [6, 6.07) is 8.97. The molecular formula is C17H22N4O3. The molecule has 3 rings (SSSR count). The van der Waals surface area contributed by atoms with E-state index in [9.17, 15) is 9.90 Å². The molecule has 1 amide bonds. The molecule has 1 aliphatic heterocycles. The van der Waals surface area contributed by atoms with Crippen molar-refractivity contribution in [3.63, 3.8) is 0 Å². The van der Waals surface area contributed by atoms with Crippen LogP contribution in [-0.2, 0) is 4.79 Å². The highest BCUT2D eigenvalue weighted by Crippen LogP contribution is 2.19. The second-order valence-corrected chi connectivity index (χ2v) is 5.97. The molecule has 128 valence electrons. The van der Waals surface area contributed by atoms with E-state index < -0.39 is 0 Å². The Bertz CT molecular complexity index is 675. The molecule has 0 atom stereocenters. The van der Waals surface area contributed by atoms with Crippen molar-refractivity contribution in [2.24, 2.45) is 0 Å². The number of hydrogen-bond acceptors (Lipinski definition) is 6. The molecule has 0 radical (unpaired) electrons. The monoisotopic (exact) mass is 330 g/mol. The van der Waals surface area contributed by atoms with Gasteiger partial charge in [-0.15, -0.1) is 0 Å². The Morgan fingerprint density at radius 3 is 2.58 bits per heavy atom. The van der Waals surface area contributed by atoms with Crippen LogP contribution in [0.25, 0.3) is 0 Å². The van der Waals surface area contributed by atoms with Gasteiger partial charge < -0.3 is 19.8 Å². The van der Waals surface area contributed by atoms with Gasteiger partial charge in [-0.25, -0.2) is 0 Å². The summed E-state index contributed by atoms with van der Waals surface area (Å²) in [6.07, 6.45) is 0.436. The standard InChI is InChI=1S/C17H22N4O3/c1-13-12-16(19-24-13)18-17(23)6-7-20-8-10-21(11-9-20)14-2-4-15(22)5-3-14/h2-5,12,22H,6-11H2,1H3,(H,18,19,23). The van der Waals surface area contributed by atoms with Crippen LogP contribution in [0.1, 0.15) is 12.2 Å². The predicted molar refractivity (Wildman–Crippen MR) is 91.2 cm³/mol. The van der Waals surface area contributed by atoms with Crippen LogP contribution in [0.2, 0.25) is 0 Å². The molecule has 7 heteroatoms. The predicted octanol–water partition coefficient (Wildman–Crippen LogP) is 1.84. The molecule has 2 aromatic rings. The maximum Gasteiger partial charge on any atom is 0.226 e. The average Bonchev–Trinajstić information content (AvgIpc) is 2.99. The van der Waals surface area contributed by atoms with Crippen LogP contribution in [0.5, 0.6) is 5.75 Å². The topological polar surface area (TPSA) is 81.8 Å². The van der Waals surface area contributed by atoms with Crippen LogP contribution in [-0.4, -0.2) is 53.8 Å². The highest BCUT2D eigenvalue weighted by atomic mass is 16.5. The Morgan fingerprint density at radius 2 is 1.96 bits per heavy atom. The molecule has 1 fully saturated rings. The molecule has 0 spiro atoms. The summed E-state index contributed by atoms with van der Waals surface area (Å²) in [5.74, 6) is 1.38. The number of aryl methyl sites for hydroxylation is 1. The molecule has 0 unspecified atom stereocenters. The molecule has 1 saturated heterocycles. The number of nitrogens with zero attached hydrogens (tertiary/aromatic N) is 3. The molecule has 24 heavy (non-hydrogen) atoms. The Kier molecular flexibility index (Phi) is 5.00. The first-order valence-electron chi connectivity index (χ1n) is 8.10. The third-order valence-corrected chi connectivity index (χ3v) is 4.14. The van der Waals surface area contributed by atoms with Crippen LogP contribution >= 0.6 is 0 Å². The minimum Gasteiger partial charge on any atom is -0.508 e. The zero-order chi connectivity index (χ0) is 16.9. The lowest BCUT2D eigenvalue weighted by atomic mass is 10.2. The Labute approximate surface area is 140 Å². The maximum absolute atomic E-state index is 11.9. The van der Waals surface area contributed by atoms with Crippen molar-refractivity contribution in [3.8, 4) is 5.75 Å². The number of carbonyl (C=O) groups is 1. The van der Waals surface area contributed by atoms with Crippen LogP contribution in [0.3, 0.4) is 0 Å². The van der Waals surface area contributed by atoms with Crippen molar-refractivity contribution in [2.45, 2.75) is 13.3 Å². The summed E-state index contributed by atoms with van der Waals surface area (Å²) < 4.78 is 4.92. The Morgan fingerprint density at radius 1 is 1.25 bits per heavy atom. The van der Waals surface area contributed by atoms with Gasteiger partial charge >= 0.3 is 0 Å². The van der Waals surface area contributed by atoms with Gasteiger partial charge in [0.05, 0.1) is 0 Å².